The van der Waals surface area contributed by atoms with E-state index in [0.717, 1.165) is 30.8 Å². The molecular formula is C44H32N4S. The number of nitrogens with one attached hydrogen (secondary N) is 1. The molecule has 0 spiro atoms. The highest BCUT2D eigenvalue weighted by Gasteiger charge is 2.34. The second-order valence-electron chi connectivity index (χ2n) is 13.5. The van der Waals surface area contributed by atoms with Crippen molar-refractivity contribution in [3.8, 4) is 0 Å². The lowest BCUT2D eigenvalue weighted by atomic mass is 9.90. The third-order valence-corrected chi connectivity index (χ3v) is 11.9. The molecule has 4 nitrogen and oxygen atoms in total. The molecule has 0 saturated carbocycles. The Morgan fingerprint density at radius 3 is 2.31 bits per heavy atom. The van der Waals surface area contributed by atoms with Gasteiger partial charge < -0.3 is 14.5 Å². The van der Waals surface area contributed by atoms with E-state index in [9.17, 15) is 0 Å². The van der Waals surface area contributed by atoms with E-state index in [1.165, 1.54) is 75.4 Å². The molecule has 5 heteroatoms. The Bertz CT molecular complexity index is 2800. The van der Waals surface area contributed by atoms with Gasteiger partial charge in [0, 0.05) is 43.6 Å². The maximum absolute atomic E-state index is 5.50. The van der Waals surface area contributed by atoms with Crippen LogP contribution < -0.4 is 5.32 Å². The number of hydrogen-bond donors (Lipinski definition) is 1. The van der Waals surface area contributed by atoms with Gasteiger partial charge in [-0.3, -0.25) is 0 Å². The number of allylic oxidation sites excluding steroid dienone is 4. The van der Waals surface area contributed by atoms with E-state index < -0.39 is 0 Å². The summed E-state index contributed by atoms with van der Waals surface area (Å²) in [4.78, 5) is 6.76. The van der Waals surface area contributed by atoms with Gasteiger partial charge >= 0.3 is 0 Å². The Balaban J connectivity index is 1.11. The molecule has 234 valence electrons. The van der Waals surface area contributed by atoms with Crippen molar-refractivity contribution >= 4 is 88.2 Å². The van der Waals surface area contributed by atoms with Crippen LogP contribution in [0.3, 0.4) is 0 Å². The molecule has 3 aromatic heterocycles. The van der Waals surface area contributed by atoms with E-state index in [1.54, 1.807) is 0 Å². The highest BCUT2D eigenvalue weighted by Crippen LogP contribution is 2.47. The van der Waals surface area contributed by atoms with Crippen molar-refractivity contribution in [2.75, 3.05) is 0 Å². The van der Waals surface area contributed by atoms with Crippen LogP contribution in [0.4, 0.5) is 5.69 Å². The Labute approximate surface area is 287 Å². The summed E-state index contributed by atoms with van der Waals surface area (Å²) in [6.07, 6.45) is 14.7. The van der Waals surface area contributed by atoms with E-state index in [0.29, 0.717) is 0 Å². The molecule has 1 N–H and O–H groups in total. The first-order valence-electron chi connectivity index (χ1n) is 17.3. The van der Waals surface area contributed by atoms with Gasteiger partial charge in [0.1, 0.15) is 12.0 Å². The molecule has 49 heavy (non-hydrogen) atoms. The zero-order valence-electron chi connectivity index (χ0n) is 26.8. The van der Waals surface area contributed by atoms with Crippen molar-refractivity contribution in [1.82, 2.24) is 14.5 Å². The summed E-state index contributed by atoms with van der Waals surface area (Å²) in [6, 6.07) is 40.0. The van der Waals surface area contributed by atoms with Gasteiger partial charge in [-0.1, -0.05) is 97.1 Å². The third-order valence-electron chi connectivity index (χ3n) is 10.7. The van der Waals surface area contributed by atoms with Crippen molar-refractivity contribution in [1.29, 1.82) is 0 Å². The van der Waals surface area contributed by atoms with Gasteiger partial charge in [0.05, 0.1) is 27.1 Å². The van der Waals surface area contributed by atoms with Crippen LogP contribution in [-0.4, -0.2) is 15.0 Å². The number of aromatic nitrogens is 2. The summed E-state index contributed by atoms with van der Waals surface area (Å²) in [7, 11) is 0. The quantitative estimate of drug-likeness (QED) is 0.203. The number of rotatable bonds is 3. The fourth-order valence-corrected chi connectivity index (χ4v) is 9.67. The van der Waals surface area contributed by atoms with Crippen LogP contribution in [0.5, 0.6) is 0 Å². The molecule has 11 rings (SSSR count). The lowest BCUT2D eigenvalue weighted by Crippen LogP contribution is -2.39. The molecule has 2 aliphatic carbocycles. The number of aliphatic imine (C=N–C) groups is 1. The number of hydrogen-bond acceptors (Lipinski definition) is 3. The number of thiophene rings is 1. The molecule has 2 unspecified atom stereocenters. The van der Waals surface area contributed by atoms with Crippen molar-refractivity contribution in [2.24, 2.45) is 10.9 Å². The van der Waals surface area contributed by atoms with E-state index in [-0.39, 0.29) is 12.1 Å². The minimum atomic E-state index is -0.0999. The molecule has 0 bridgehead atoms. The first kappa shape index (κ1) is 27.3. The minimum Gasteiger partial charge on any atom is -0.348 e. The minimum absolute atomic E-state index is 0.0999. The normalized spacial score (nSPS) is 18.6. The summed E-state index contributed by atoms with van der Waals surface area (Å²) in [6.45, 7) is 0. The number of nitrogens with zero attached hydrogens (tertiary/aromatic N) is 3. The van der Waals surface area contributed by atoms with Gasteiger partial charge in [0.15, 0.2) is 0 Å². The van der Waals surface area contributed by atoms with Crippen molar-refractivity contribution < 1.29 is 0 Å². The molecule has 1 aliphatic heterocycles. The Hall–Kier alpha value is -5.65. The molecular weight excluding hydrogens is 617 g/mol. The highest BCUT2D eigenvalue weighted by atomic mass is 32.1. The number of benzene rings is 5. The number of para-hydroxylation sites is 2. The van der Waals surface area contributed by atoms with E-state index in [4.69, 9.17) is 4.99 Å². The second-order valence-corrected chi connectivity index (χ2v) is 14.5. The Kier molecular flexibility index (Phi) is 5.81. The summed E-state index contributed by atoms with van der Waals surface area (Å²) < 4.78 is 6.26. The number of fused-ring (bicyclic) bond motifs is 10. The smallest absolute Gasteiger partial charge is 0.142 e. The molecule has 0 fully saturated rings. The van der Waals surface area contributed by atoms with Gasteiger partial charge in [0.2, 0.25) is 0 Å². The summed E-state index contributed by atoms with van der Waals surface area (Å²) >= 11 is 1.86. The van der Waals surface area contributed by atoms with E-state index >= 15 is 0 Å². The van der Waals surface area contributed by atoms with Crippen LogP contribution in [0.1, 0.15) is 35.1 Å². The Morgan fingerprint density at radius 1 is 0.694 bits per heavy atom. The monoisotopic (exact) mass is 648 g/mol. The number of amidine groups is 1. The van der Waals surface area contributed by atoms with Crippen LogP contribution in [0.15, 0.2) is 138 Å². The van der Waals surface area contributed by atoms with Crippen LogP contribution >= 0.6 is 11.3 Å². The zero-order valence-corrected chi connectivity index (χ0v) is 27.6. The van der Waals surface area contributed by atoms with Crippen LogP contribution in [0.2, 0.25) is 0 Å². The molecule has 4 heterocycles. The SMILES string of the molecule is C1=CC(n2c3c(c4ccccc42)CC(C2=Nc4c(sc5ccccc45)C(n4c5ccccc5c5cc6ccccc6cc54)N2)C=C3)=CCC1. The molecule has 2 atom stereocenters. The predicted octanol–water partition coefficient (Wildman–Crippen LogP) is 11.4. The highest BCUT2D eigenvalue weighted by molar-refractivity contribution is 7.19. The van der Waals surface area contributed by atoms with Crippen LogP contribution in [0.25, 0.3) is 65.3 Å². The topological polar surface area (TPSA) is 34.2 Å². The second kappa shape index (κ2) is 10.4. The fourth-order valence-electron chi connectivity index (χ4n) is 8.49. The Morgan fingerprint density at radius 2 is 1.45 bits per heavy atom. The van der Waals surface area contributed by atoms with Crippen molar-refractivity contribution in [3.05, 3.63) is 150 Å². The van der Waals surface area contributed by atoms with E-state index in [1.807, 2.05) is 11.3 Å². The first-order valence-corrected chi connectivity index (χ1v) is 18.1. The van der Waals surface area contributed by atoms with Gasteiger partial charge in [-0.25, -0.2) is 4.99 Å². The molecule has 8 aromatic rings. The average molecular weight is 649 g/mol. The summed E-state index contributed by atoms with van der Waals surface area (Å²) in [5, 5.41) is 11.7. The van der Waals surface area contributed by atoms with E-state index in [2.05, 4.69) is 154 Å². The van der Waals surface area contributed by atoms with Crippen LogP contribution in [-0.2, 0) is 6.42 Å². The first-order chi connectivity index (χ1) is 24.3. The van der Waals surface area contributed by atoms with Crippen LogP contribution in [0, 0.1) is 5.92 Å². The average Bonchev–Trinajstić information content (AvgIpc) is 3.81. The molecule has 0 radical (unpaired) electrons. The standard InChI is InChI=1S/C44H32N4S/c1-2-14-30(15-3-1)47-36-19-9-6-16-31(36)34-25-29(22-23-38(34)47)43-45-41-33-18-8-11-21-40(33)49-42(41)44(46-43)48-37-20-10-7-17-32(37)35-24-27-12-4-5-13-28(27)26-39(35)48/h2,4-24,26,29,44H,1,3,25H2,(H,45,46). The van der Waals surface area contributed by atoms with Gasteiger partial charge in [-0.05, 0) is 78.1 Å². The largest absolute Gasteiger partial charge is 0.348 e. The fraction of sp³-hybridized carbons (Fsp3) is 0.114. The third kappa shape index (κ3) is 4.00. The van der Waals surface area contributed by atoms with Crippen molar-refractivity contribution in [3.63, 3.8) is 0 Å². The van der Waals surface area contributed by atoms with Crippen molar-refractivity contribution in [2.45, 2.75) is 25.4 Å². The molecule has 3 aliphatic rings. The predicted molar refractivity (Wildman–Crippen MR) is 208 cm³/mol. The lowest BCUT2D eigenvalue weighted by molar-refractivity contribution is 0.570. The van der Waals surface area contributed by atoms with Gasteiger partial charge in [-0.15, -0.1) is 11.3 Å². The molecule has 0 amide bonds. The summed E-state index contributed by atoms with van der Waals surface area (Å²) in [5.74, 6) is 1.15. The van der Waals surface area contributed by atoms with Gasteiger partial charge in [-0.2, -0.15) is 0 Å². The van der Waals surface area contributed by atoms with Gasteiger partial charge in [0.25, 0.3) is 0 Å². The lowest BCUT2D eigenvalue weighted by Gasteiger charge is -2.31. The summed E-state index contributed by atoms with van der Waals surface area (Å²) in [5.41, 5.74) is 8.80. The zero-order chi connectivity index (χ0) is 32.1. The molecule has 0 saturated heterocycles. The maximum atomic E-state index is 5.50. The maximum Gasteiger partial charge on any atom is 0.142 e. The molecule has 5 aromatic carbocycles.